The second-order valence-corrected chi connectivity index (χ2v) is 9.65. The Labute approximate surface area is 201 Å². The molecule has 0 atom stereocenters. The van der Waals surface area contributed by atoms with Crippen molar-refractivity contribution in [1.29, 1.82) is 0 Å². The van der Waals surface area contributed by atoms with Crippen molar-refractivity contribution in [3.05, 3.63) is 63.3 Å². The Kier molecular flexibility index (Phi) is 8.17. The minimum absolute atomic E-state index is 0.00769. The molecule has 0 fully saturated rings. The smallest absolute Gasteiger partial charge is 0.410 e. The van der Waals surface area contributed by atoms with Crippen LogP contribution in [0.3, 0.4) is 0 Å². The molecule has 3 rings (SSSR count). The van der Waals surface area contributed by atoms with Crippen molar-refractivity contribution in [2.75, 3.05) is 19.7 Å². The summed E-state index contributed by atoms with van der Waals surface area (Å²) in [4.78, 5) is 40.3. The standard InChI is InChI=1S/C24H29N3O6S/c1-24(2,3)33-21(29)25-12-14-32-23(31)27(15-16-7-5-4-6-8-16)13-11-17-9-10-18(28)19-20(17)34-22(30)26-19/h4-10,28H,11-15H2,1-3H3,(H,25,29)(H,26,30). The molecule has 1 heterocycles. The summed E-state index contributed by atoms with van der Waals surface area (Å²) in [5, 5.41) is 12.6. The van der Waals surface area contributed by atoms with Crippen LogP contribution in [0.4, 0.5) is 9.59 Å². The van der Waals surface area contributed by atoms with Gasteiger partial charge in [-0.3, -0.25) is 4.79 Å². The van der Waals surface area contributed by atoms with Crippen molar-refractivity contribution in [3.8, 4) is 5.75 Å². The summed E-state index contributed by atoms with van der Waals surface area (Å²) in [6.45, 7) is 6.08. The van der Waals surface area contributed by atoms with E-state index in [0.29, 0.717) is 29.7 Å². The lowest BCUT2D eigenvalue weighted by molar-refractivity contribution is 0.0501. The van der Waals surface area contributed by atoms with Gasteiger partial charge in [0.2, 0.25) is 0 Å². The third kappa shape index (κ3) is 7.24. The van der Waals surface area contributed by atoms with E-state index in [1.165, 1.54) is 6.07 Å². The number of benzene rings is 2. The van der Waals surface area contributed by atoms with Gasteiger partial charge in [0.25, 0.3) is 0 Å². The van der Waals surface area contributed by atoms with Gasteiger partial charge in [-0.25, -0.2) is 9.59 Å². The van der Waals surface area contributed by atoms with Crippen LogP contribution in [0.1, 0.15) is 31.9 Å². The summed E-state index contributed by atoms with van der Waals surface area (Å²) in [5.74, 6) is 0.00939. The molecule has 182 valence electrons. The monoisotopic (exact) mass is 487 g/mol. The van der Waals surface area contributed by atoms with Crippen LogP contribution in [-0.4, -0.2) is 52.5 Å². The number of rotatable bonds is 8. The number of aromatic nitrogens is 1. The van der Waals surface area contributed by atoms with Crippen LogP contribution in [-0.2, 0) is 22.4 Å². The van der Waals surface area contributed by atoms with Crippen molar-refractivity contribution in [3.63, 3.8) is 0 Å². The Morgan fingerprint density at radius 2 is 1.88 bits per heavy atom. The number of nitrogens with zero attached hydrogens (tertiary/aromatic N) is 1. The summed E-state index contributed by atoms with van der Waals surface area (Å²) < 4.78 is 11.2. The van der Waals surface area contributed by atoms with Gasteiger partial charge in [-0.2, -0.15) is 0 Å². The van der Waals surface area contributed by atoms with Gasteiger partial charge in [-0.15, -0.1) is 0 Å². The summed E-state index contributed by atoms with van der Waals surface area (Å²) in [7, 11) is 0. The van der Waals surface area contributed by atoms with E-state index in [4.69, 9.17) is 9.47 Å². The summed E-state index contributed by atoms with van der Waals surface area (Å²) >= 11 is 1.02. The first-order chi connectivity index (χ1) is 16.1. The lowest BCUT2D eigenvalue weighted by Crippen LogP contribution is -2.37. The molecule has 3 N–H and O–H groups in total. The predicted molar refractivity (Wildman–Crippen MR) is 130 cm³/mol. The first-order valence-electron chi connectivity index (χ1n) is 10.9. The van der Waals surface area contributed by atoms with Gasteiger partial charge < -0.3 is 29.8 Å². The molecule has 2 aromatic carbocycles. The molecule has 0 aliphatic heterocycles. The zero-order valence-corrected chi connectivity index (χ0v) is 20.2. The van der Waals surface area contributed by atoms with E-state index in [9.17, 15) is 19.5 Å². The highest BCUT2D eigenvalue weighted by Gasteiger charge is 2.19. The average Bonchev–Trinajstić information content (AvgIpc) is 3.17. The molecule has 0 aliphatic carbocycles. The fraction of sp³-hybridized carbons (Fsp3) is 0.375. The Morgan fingerprint density at radius 3 is 2.59 bits per heavy atom. The topological polar surface area (TPSA) is 121 Å². The van der Waals surface area contributed by atoms with Crippen molar-refractivity contribution in [1.82, 2.24) is 15.2 Å². The maximum Gasteiger partial charge on any atom is 0.410 e. The van der Waals surface area contributed by atoms with Gasteiger partial charge >= 0.3 is 17.1 Å². The third-order valence-corrected chi connectivity index (χ3v) is 5.72. The lowest BCUT2D eigenvalue weighted by Gasteiger charge is -2.23. The van der Waals surface area contributed by atoms with E-state index in [0.717, 1.165) is 22.5 Å². The number of hydrogen-bond donors (Lipinski definition) is 3. The van der Waals surface area contributed by atoms with Gasteiger partial charge in [0, 0.05) is 13.1 Å². The quantitative estimate of drug-likeness (QED) is 0.413. The van der Waals surface area contributed by atoms with Crippen LogP contribution in [0, 0.1) is 0 Å². The van der Waals surface area contributed by atoms with Gasteiger partial charge in [0.15, 0.2) is 0 Å². The van der Waals surface area contributed by atoms with Gasteiger partial charge in [0.05, 0.1) is 11.2 Å². The number of thiazole rings is 1. The summed E-state index contributed by atoms with van der Waals surface area (Å²) in [5.41, 5.74) is 1.57. The predicted octanol–water partition coefficient (Wildman–Crippen LogP) is 4.00. The van der Waals surface area contributed by atoms with Crippen molar-refractivity contribution < 1.29 is 24.2 Å². The first-order valence-corrected chi connectivity index (χ1v) is 11.7. The second-order valence-electron chi connectivity index (χ2n) is 8.66. The molecule has 0 saturated carbocycles. The minimum Gasteiger partial charge on any atom is -0.506 e. The van der Waals surface area contributed by atoms with Crippen LogP contribution in [0.5, 0.6) is 5.75 Å². The third-order valence-electron chi connectivity index (χ3n) is 4.76. The minimum atomic E-state index is -0.611. The van der Waals surface area contributed by atoms with Crippen LogP contribution < -0.4 is 10.2 Å². The number of phenols is 1. The number of hydrogen-bond acceptors (Lipinski definition) is 7. The van der Waals surface area contributed by atoms with E-state index >= 15 is 0 Å². The van der Waals surface area contributed by atoms with E-state index in [-0.39, 0.29) is 23.8 Å². The highest BCUT2D eigenvalue weighted by molar-refractivity contribution is 7.16. The average molecular weight is 488 g/mol. The molecule has 0 radical (unpaired) electrons. The number of fused-ring (bicyclic) bond motifs is 1. The number of amides is 2. The number of ether oxygens (including phenoxy) is 2. The van der Waals surface area contributed by atoms with Crippen LogP contribution >= 0.6 is 11.3 Å². The second kappa shape index (κ2) is 11.1. The number of carbonyl (C=O) groups excluding carboxylic acids is 2. The lowest BCUT2D eigenvalue weighted by atomic mass is 10.1. The Bertz CT molecular complexity index is 1180. The first kappa shape index (κ1) is 25.1. The van der Waals surface area contributed by atoms with E-state index in [1.54, 1.807) is 31.7 Å². The van der Waals surface area contributed by atoms with Crippen molar-refractivity contribution in [2.45, 2.75) is 39.3 Å². The molecule has 10 heteroatoms. The van der Waals surface area contributed by atoms with Crippen LogP contribution in [0.15, 0.2) is 47.3 Å². The maximum absolute atomic E-state index is 12.8. The number of aromatic hydroxyl groups is 1. The van der Waals surface area contributed by atoms with E-state index in [1.807, 2.05) is 30.3 Å². The summed E-state index contributed by atoms with van der Waals surface area (Å²) in [6.07, 6.45) is -0.637. The number of aromatic amines is 1. The van der Waals surface area contributed by atoms with Crippen molar-refractivity contribution in [2.24, 2.45) is 0 Å². The highest BCUT2D eigenvalue weighted by atomic mass is 32.1. The van der Waals surface area contributed by atoms with Gasteiger partial charge in [-0.1, -0.05) is 47.7 Å². The molecule has 3 aromatic rings. The van der Waals surface area contributed by atoms with E-state index < -0.39 is 17.8 Å². The van der Waals surface area contributed by atoms with Crippen molar-refractivity contribution >= 4 is 33.7 Å². The number of phenolic OH excluding ortho intramolecular Hbond substituents is 1. The molecule has 9 nitrogen and oxygen atoms in total. The summed E-state index contributed by atoms with van der Waals surface area (Å²) in [6, 6.07) is 12.8. The highest BCUT2D eigenvalue weighted by Crippen LogP contribution is 2.28. The molecule has 1 aromatic heterocycles. The Hall–Kier alpha value is -3.53. The van der Waals surface area contributed by atoms with Gasteiger partial charge in [0.1, 0.15) is 23.5 Å². The Balaban J connectivity index is 1.63. The molecular weight excluding hydrogens is 458 g/mol. The largest absolute Gasteiger partial charge is 0.506 e. The Morgan fingerprint density at radius 1 is 1.15 bits per heavy atom. The molecule has 0 aliphatic rings. The molecule has 2 amide bonds. The molecular formula is C24H29N3O6S. The number of carbonyl (C=O) groups is 2. The van der Waals surface area contributed by atoms with Crippen LogP contribution in [0.2, 0.25) is 0 Å². The SMILES string of the molecule is CC(C)(C)OC(=O)NCCOC(=O)N(CCc1ccc(O)c2[nH]c(=O)sc12)Cc1ccccc1. The van der Waals surface area contributed by atoms with Gasteiger partial charge in [-0.05, 0) is 44.4 Å². The number of alkyl carbamates (subject to hydrolysis) is 1. The molecule has 0 bridgehead atoms. The fourth-order valence-corrected chi connectivity index (χ4v) is 4.16. The molecule has 0 spiro atoms. The number of nitrogens with one attached hydrogen (secondary N) is 2. The van der Waals surface area contributed by atoms with Crippen LogP contribution in [0.25, 0.3) is 10.2 Å². The zero-order valence-electron chi connectivity index (χ0n) is 19.4. The zero-order chi connectivity index (χ0) is 24.7. The molecule has 34 heavy (non-hydrogen) atoms. The van der Waals surface area contributed by atoms with E-state index in [2.05, 4.69) is 10.3 Å². The molecule has 0 unspecified atom stereocenters. The number of H-pyrrole nitrogens is 1. The maximum atomic E-state index is 12.8. The fourth-order valence-electron chi connectivity index (χ4n) is 3.26. The molecule has 0 saturated heterocycles. The normalized spacial score (nSPS) is 11.3.